The number of halogens is 1. The lowest BCUT2D eigenvalue weighted by Crippen LogP contribution is -2.41. The Morgan fingerprint density at radius 2 is 1.85 bits per heavy atom. The highest BCUT2D eigenvalue weighted by Crippen LogP contribution is 2.37. The van der Waals surface area contributed by atoms with Crippen LogP contribution < -0.4 is 16.0 Å². The number of ether oxygens (including phenoxy) is 1. The number of sulfone groups is 1. The van der Waals surface area contributed by atoms with Gasteiger partial charge in [-0.05, 0) is 42.8 Å². The van der Waals surface area contributed by atoms with E-state index in [2.05, 4.69) is 0 Å². The number of rotatable bonds is 2. The monoisotopic (exact) mass is 499 g/mol. The Morgan fingerprint density at radius 1 is 1.00 bits per heavy atom. The van der Waals surface area contributed by atoms with Crippen LogP contribution in [0.25, 0.3) is 33.1 Å². The summed E-state index contributed by atoms with van der Waals surface area (Å²) < 4.78 is 40.9. The molecule has 4 aromatic rings. The molecule has 2 aliphatic heterocycles. The highest BCUT2D eigenvalue weighted by molar-refractivity contribution is 7.91. The third-order valence-corrected chi connectivity index (χ3v) is 8.41. The number of benzene rings is 2. The van der Waals surface area contributed by atoms with Gasteiger partial charge in [0.1, 0.15) is 23.6 Å². The second kappa shape index (κ2) is 7.69. The summed E-state index contributed by atoms with van der Waals surface area (Å²) in [4.78, 5) is 27.3. The molecule has 0 amide bonds. The van der Waals surface area contributed by atoms with Gasteiger partial charge in [-0.2, -0.15) is 0 Å². The molecule has 2 aromatic carbocycles. The van der Waals surface area contributed by atoms with E-state index in [9.17, 15) is 18.0 Å². The summed E-state index contributed by atoms with van der Waals surface area (Å²) in [5.74, 6) is 0.784. The van der Waals surface area contributed by atoms with E-state index in [1.807, 2.05) is 4.90 Å². The molecule has 0 N–H and O–H groups in total. The summed E-state index contributed by atoms with van der Waals surface area (Å²) in [5.41, 5.74) is 0.707. The van der Waals surface area contributed by atoms with Gasteiger partial charge in [-0.25, -0.2) is 18.0 Å². The first-order valence-corrected chi connectivity index (χ1v) is 12.9. The van der Waals surface area contributed by atoms with Crippen molar-refractivity contribution in [2.45, 2.75) is 19.0 Å². The fourth-order valence-electron chi connectivity index (χ4n) is 4.75. The van der Waals surface area contributed by atoms with E-state index < -0.39 is 21.1 Å². The summed E-state index contributed by atoms with van der Waals surface area (Å²) >= 11 is 6.10. The van der Waals surface area contributed by atoms with Crippen LogP contribution in [-0.2, 0) is 16.4 Å². The molecule has 10 heteroatoms. The molecular formula is C24H18ClNO7S. The van der Waals surface area contributed by atoms with Gasteiger partial charge in [0.2, 0.25) is 0 Å². The van der Waals surface area contributed by atoms with Crippen LogP contribution in [0.5, 0.6) is 5.75 Å². The molecule has 0 aliphatic carbocycles. The van der Waals surface area contributed by atoms with E-state index >= 15 is 0 Å². The van der Waals surface area contributed by atoms with Gasteiger partial charge in [-0.15, -0.1) is 0 Å². The Bertz CT molecular complexity index is 1710. The van der Waals surface area contributed by atoms with E-state index in [0.717, 1.165) is 0 Å². The molecule has 1 fully saturated rings. The maximum absolute atomic E-state index is 12.8. The maximum Gasteiger partial charge on any atom is 0.344 e. The van der Waals surface area contributed by atoms with Gasteiger partial charge in [-0.1, -0.05) is 11.6 Å². The second-order valence-corrected chi connectivity index (χ2v) is 11.3. The number of hydrogen-bond acceptors (Lipinski definition) is 8. The zero-order valence-electron chi connectivity index (χ0n) is 17.7. The molecule has 0 radical (unpaired) electrons. The Labute approximate surface area is 198 Å². The lowest BCUT2D eigenvalue weighted by Gasteiger charge is -2.33. The zero-order chi connectivity index (χ0) is 23.6. The molecule has 1 atom stereocenters. The second-order valence-electron chi connectivity index (χ2n) is 8.60. The molecule has 0 spiro atoms. The Balaban J connectivity index is 1.51. The van der Waals surface area contributed by atoms with Crippen LogP contribution in [0, 0.1) is 0 Å². The lowest BCUT2D eigenvalue weighted by molar-refractivity contribution is 0.0649. The van der Waals surface area contributed by atoms with Gasteiger partial charge in [0.25, 0.3) is 0 Å². The van der Waals surface area contributed by atoms with Crippen LogP contribution in [0.15, 0.2) is 60.9 Å². The van der Waals surface area contributed by atoms with Gasteiger partial charge < -0.3 is 13.6 Å². The van der Waals surface area contributed by atoms with Crippen LogP contribution in [0.3, 0.4) is 0 Å². The number of fused-ring (bicyclic) bond motifs is 4. The molecule has 4 heterocycles. The highest BCUT2D eigenvalue weighted by Gasteiger charge is 2.35. The van der Waals surface area contributed by atoms with Crippen LogP contribution in [-0.4, -0.2) is 37.6 Å². The van der Waals surface area contributed by atoms with Gasteiger partial charge in [-0.3, -0.25) is 4.90 Å². The Hall–Kier alpha value is -3.14. The van der Waals surface area contributed by atoms with Crippen LogP contribution in [0.1, 0.15) is 12.0 Å². The van der Waals surface area contributed by atoms with Gasteiger partial charge in [0.05, 0.1) is 22.6 Å². The summed E-state index contributed by atoms with van der Waals surface area (Å²) in [6.45, 7) is 0.610. The molecule has 2 aromatic heterocycles. The minimum atomic E-state index is -3.07. The number of hydrogen-bond donors (Lipinski definition) is 0. The molecule has 34 heavy (non-hydrogen) atoms. The summed E-state index contributed by atoms with van der Waals surface area (Å²) in [6, 6.07) is 11.2. The first-order chi connectivity index (χ1) is 16.3. The third kappa shape index (κ3) is 3.60. The minimum absolute atomic E-state index is 0.0757. The molecule has 1 unspecified atom stereocenters. The van der Waals surface area contributed by atoms with Crippen LogP contribution >= 0.6 is 11.6 Å². The fourth-order valence-corrected chi connectivity index (χ4v) is 6.70. The van der Waals surface area contributed by atoms with Crippen LogP contribution in [0.4, 0.5) is 0 Å². The third-order valence-electron chi connectivity index (χ3n) is 6.43. The predicted molar refractivity (Wildman–Crippen MR) is 127 cm³/mol. The summed E-state index contributed by atoms with van der Waals surface area (Å²) in [7, 11) is -3.07. The van der Waals surface area contributed by atoms with Crippen LogP contribution in [0.2, 0.25) is 5.02 Å². The van der Waals surface area contributed by atoms with Crippen molar-refractivity contribution in [3.8, 4) is 16.9 Å². The van der Waals surface area contributed by atoms with Gasteiger partial charge in [0, 0.05) is 40.0 Å². The van der Waals surface area contributed by atoms with Crippen molar-refractivity contribution in [3.05, 3.63) is 73.9 Å². The first-order valence-electron chi connectivity index (χ1n) is 10.7. The van der Waals surface area contributed by atoms with Crippen molar-refractivity contribution in [2.24, 2.45) is 0 Å². The van der Waals surface area contributed by atoms with E-state index in [0.29, 0.717) is 56.8 Å². The summed E-state index contributed by atoms with van der Waals surface area (Å²) in [6.07, 6.45) is 0.529. The van der Waals surface area contributed by atoms with E-state index in [1.54, 1.807) is 36.4 Å². The molecule has 2 aliphatic rings. The van der Waals surface area contributed by atoms with Gasteiger partial charge >= 0.3 is 11.3 Å². The lowest BCUT2D eigenvalue weighted by atomic mass is 9.99. The first kappa shape index (κ1) is 21.4. The normalized spacial score (nSPS) is 19.9. The average molecular weight is 500 g/mol. The largest absolute Gasteiger partial charge is 0.478 e. The molecule has 0 bridgehead atoms. The van der Waals surface area contributed by atoms with E-state index in [-0.39, 0.29) is 29.8 Å². The van der Waals surface area contributed by atoms with Crippen molar-refractivity contribution < 1.29 is 22.0 Å². The standard InChI is InChI=1S/C24H18ClNO7S/c25-14-1-3-20-13(7-14)8-18(24(28)32-20)17-9-22(27)33-23-16(17)2-4-21-19(23)10-26(12-31-21)15-5-6-34(29,30)11-15/h1-4,7-9,15H,5-6,10-12H2. The van der Waals surface area contributed by atoms with Crippen molar-refractivity contribution >= 4 is 43.4 Å². The zero-order valence-corrected chi connectivity index (χ0v) is 19.3. The van der Waals surface area contributed by atoms with Crippen molar-refractivity contribution in [1.29, 1.82) is 0 Å². The molecular weight excluding hydrogens is 482 g/mol. The van der Waals surface area contributed by atoms with Crippen molar-refractivity contribution in [3.63, 3.8) is 0 Å². The quantitative estimate of drug-likeness (QED) is 0.385. The highest BCUT2D eigenvalue weighted by atomic mass is 35.5. The Kier molecular flexibility index (Phi) is 4.84. The topological polar surface area (TPSA) is 107 Å². The number of nitrogens with zero attached hydrogens (tertiary/aromatic N) is 1. The van der Waals surface area contributed by atoms with Crippen molar-refractivity contribution in [1.82, 2.24) is 4.90 Å². The fraction of sp³-hybridized carbons (Fsp3) is 0.250. The Morgan fingerprint density at radius 3 is 2.65 bits per heavy atom. The minimum Gasteiger partial charge on any atom is -0.478 e. The molecule has 0 saturated carbocycles. The van der Waals surface area contributed by atoms with Gasteiger partial charge in [0.15, 0.2) is 9.84 Å². The molecule has 8 nitrogen and oxygen atoms in total. The van der Waals surface area contributed by atoms with E-state index in [1.165, 1.54) is 6.07 Å². The smallest absolute Gasteiger partial charge is 0.344 e. The molecule has 6 rings (SSSR count). The molecule has 1 saturated heterocycles. The predicted octanol–water partition coefficient (Wildman–Crippen LogP) is 3.56. The van der Waals surface area contributed by atoms with Crippen molar-refractivity contribution in [2.75, 3.05) is 18.2 Å². The summed E-state index contributed by atoms with van der Waals surface area (Å²) in [5, 5.41) is 1.67. The van der Waals surface area contributed by atoms with E-state index in [4.69, 9.17) is 25.2 Å². The maximum atomic E-state index is 12.8. The molecule has 174 valence electrons. The average Bonchev–Trinajstić information content (AvgIpc) is 3.17. The SMILES string of the molecule is O=c1cc(-c2cc3cc(Cl)ccc3oc2=O)c2ccc3c(c2o1)CN(C1CCS(=O)(=O)C1)CO3.